The summed E-state index contributed by atoms with van der Waals surface area (Å²) < 4.78 is 18.3. The Hall–Kier alpha value is -2.63. The molecule has 1 heterocycles. The predicted octanol–water partition coefficient (Wildman–Crippen LogP) is 2.92. The number of hydrogen-bond donors (Lipinski definition) is 2. The average molecular weight is 344 g/mol. The Morgan fingerprint density at radius 2 is 1.92 bits per heavy atom. The minimum Gasteiger partial charge on any atom is -0.478 e. The van der Waals surface area contributed by atoms with Crippen molar-refractivity contribution < 1.29 is 9.13 Å². The van der Waals surface area contributed by atoms with Gasteiger partial charge in [-0.15, -0.1) is 0 Å². The van der Waals surface area contributed by atoms with Crippen molar-refractivity contribution >= 4 is 5.96 Å². The third-order valence-corrected chi connectivity index (χ3v) is 3.47. The Kier molecular flexibility index (Phi) is 7.69. The van der Waals surface area contributed by atoms with Crippen molar-refractivity contribution in [2.75, 3.05) is 19.7 Å². The van der Waals surface area contributed by atoms with Crippen molar-refractivity contribution in [3.05, 3.63) is 59.5 Å². The first-order chi connectivity index (χ1) is 12.2. The highest BCUT2D eigenvalue weighted by Gasteiger charge is 2.01. The summed E-state index contributed by atoms with van der Waals surface area (Å²) in [5, 5.41) is 6.51. The van der Waals surface area contributed by atoms with Crippen LogP contribution in [0.1, 0.15) is 25.0 Å². The number of nitrogens with one attached hydrogen (secondary N) is 2. The Morgan fingerprint density at radius 1 is 1.12 bits per heavy atom. The molecule has 0 aliphatic rings. The Morgan fingerprint density at radius 3 is 2.64 bits per heavy atom. The molecule has 6 heteroatoms. The molecule has 0 fully saturated rings. The highest BCUT2D eigenvalue weighted by molar-refractivity contribution is 5.79. The topological polar surface area (TPSA) is 58.5 Å². The van der Waals surface area contributed by atoms with Gasteiger partial charge in [-0.05, 0) is 49.6 Å². The van der Waals surface area contributed by atoms with Gasteiger partial charge >= 0.3 is 0 Å². The molecule has 0 bridgehead atoms. The van der Waals surface area contributed by atoms with Gasteiger partial charge in [-0.3, -0.25) is 0 Å². The van der Waals surface area contributed by atoms with Crippen LogP contribution >= 0.6 is 0 Å². The zero-order valence-corrected chi connectivity index (χ0v) is 14.8. The minimum atomic E-state index is -0.213. The van der Waals surface area contributed by atoms with E-state index in [1.54, 1.807) is 18.3 Å². The number of aliphatic imine (C=N–C) groups is 1. The van der Waals surface area contributed by atoms with E-state index in [1.165, 1.54) is 12.1 Å². The van der Waals surface area contributed by atoms with Crippen LogP contribution < -0.4 is 15.4 Å². The molecular formula is C19H25FN4O. The van der Waals surface area contributed by atoms with Gasteiger partial charge < -0.3 is 15.4 Å². The fourth-order valence-corrected chi connectivity index (χ4v) is 2.26. The lowest BCUT2D eigenvalue weighted by molar-refractivity contribution is 0.326. The molecule has 134 valence electrons. The molecule has 0 saturated carbocycles. The van der Waals surface area contributed by atoms with E-state index in [1.807, 2.05) is 26.0 Å². The monoisotopic (exact) mass is 344 g/mol. The Balaban J connectivity index is 1.89. The van der Waals surface area contributed by atoms with E-state index < -0.39 is 0 Å². The fraction of sp³-hybridized carbons (Fsp3) is 0.368. The molecule has 1 aromatic carbocycles. The zero-order chi connectivity index (χ0) is 17.9. The summed E-state index contributed by atoms with van der Waals surface area (Å²) in [5.41, 5.74) is 2.12. The van der Waals surface area contributed by atoms with Crippen LogP contribution in [0.4, 0.5) is 4.39 Å². The van der Waals surface area contributed by atoms with Gasteiger partial charge in [-0.2, -0.15) is 0 Å². The van der Waals surface area contributed by atoms with E-state index in [0.29, 0.717) is 19.0 Å². The molecule has 0 saturated heterocycles. The SMILES string of the molecule is CCNC(=NCc1ccnc(OCC)c1)NCCc1ccc(F)cc1. The van der Waals surface area contributed by atoms with Crippen LogP contribution in [-0.2, 0) is 13.0 Å². The second-order valence-corrected chi connectivity index (χ2v) is 5.43. The standard InChI is InChI=1S/C19H25FN4O/c1-3-21-19(23-12-9-15-5-7-17(20)8-6-15)24-14-16-10-11-22-18(13-16)25-4-2/h5-8,10-11,13H,3-4,9,12,14H2,1-2H3,(H2,21,23,24). The summed E-state index contributed by atoms with van der Waals surface area (Å²) in [6, 6.07) is 10.4. The number of ether oxygens (including phenoxy) is 1. The first kappa shape index (κ1) is 18.7. The zero-order valence-electron chi connectivity index (χ0n) is 14.8. The summed E-state index contributed by atoms with van der Waals surface area (Å²) in [5.74, 6) is 1.15. The predicted molar refractivity (Wildman–Crippen MR) is 98.3 cm³/mol. The highest BCUT2D eigenvalue weighted by Crippen LogP contribution is 2.10. The normalized spacial score (nSPS) is 11.2. The van der Waals surface area contributed by atoms with Crippen molar-refractivity contribution in [1.29, 1.82) is 0 Å². The van der Waals surface area contributed by atoms with Crippen LogP contribution in [-0.4, -0.2) is 30.6 Å². The molecule has 25 heavy (non-hydrogen) atoms. The van der Waals surface area contributed by atoms with E-state index in [9.17, 15) is 4.39 Å². The number of rotatable bonds is 8. The third-order valence-electron chi connectivity index (χ3n) is 3.47. The number of benzene rings is 1. The number of hydrogen-bond acceptors (Lipinski definition) is 3. The number of guanidine groups is 1. The second-order valence-electron chi connectivity index (χ2n) is 5.43. The summed E-state index contributed by atoms with van der Waals surface area (Å²) in [6.07, 6.45) is 2.53. The van der Waals surface area contributed by atoms with Crippen LogP contribution in [0.25, 0.3) is 0 Å². The molecule has 2 rings (SSSR count). The van der Waals surface area contributed by atoms with Crippen molar-refractivity contribution in [2.24, 2.45) is 4.99 Å². The maximum absolute atomic E-state index is 12.9. The van der Waals surface area contributed by atoms with Crippen molar-refractivity contribution in [2.45, 2.75) is 26.8 Å². The molecule has 2 N–H and O–H groups in total. The van der Waals surface area contributed by atoms with Crippen LogP contribution in [0.15, 0.2) is 47.6 Å². The second kappa shape index (κ2) is 10.3. The van der Waals surface area contributed by atoms with Gasteiger partial charge in [0.05, 0.1) is 13.2 Å². The highest BCUT2D eigenvalue weighted by atomic mass is 19.1. The first-order valence-electron chi connectivity index (χ1n) is 8.55. The van der Waals surface area contributed by atoms with Gasteiger partial charge in [0.15, 0.2) is 5.96 Å². The molecule has 2 aromatic rings. The van der Waals surface area contributed by atoms with Gasteiger partial charge in [-0.25, -0.2) is 14.4 Å². The molecule has 0 amide bonds. The molecule has 0 spiro atoms. The maximum Gasteiger partial charge on any atom is 0.213 e. The third kappa shape index (κ3) is 6.79. The van der Waals surface area contributed by atoms with Gasteiger partial charge in [0.2, 0.25) is 5.88 Å². The van der Waals surface area contributed by atoms with Crippen LogP contribution in [0.2, 0.25) is 0 Å². The summed E-state index contributed by atoms with van der Waals surface area (Å²) in [6.45, 7) is 6.58. The number of pyridine rings is 1. The van der Waals surface area contributed by atoms with E-state index in [0.717, 1.165) is 36.6 Å². The lowest BCUT2D eigenvalue weighted by atomic mass is 10.1. The van der Waals surface area contributed by atoms with Gasteiger partial charge in [0.25, 0.3) is 0 Å². The molecular weight excluding hydrogens is 319 g/mol. The van der Waals surface area contributed by atoms with Crippen LogP contribution in [0.3, 0.4) is 0 Å². The van der Waals surface area contributed by atoms with E-state index in [-0.39, 0.29) is 5.82 Å². The smallest absolute Gasteiger partial charge is 0.213 e. The Labute approximate surface area is 148 Å². The van der Waals surface area contributed by atoms with E-state index >= 15 is 0 Å². The van der Waals surface area contributed by atoms with Gasteiger partial charge in [-0.1, -0.05) is 12.1 Å². The quantitative estimate of drug-likeness (QED) is 0.571. The van der Waals surface area contributed by atoms with E-state index in [2.05, 4.69) is 20.6 Å². The largest absolute Gasteiger partial charge is 0.478 e. The average Bonchev–Trinajstić information content (AvgIpc) is 2.62. The molecule has 0 aliphatic carbocycles. The van der Waals surface area contributed by atoms with Gasteiger partial charge in [0.1, 0.15) is 5.82 Å². The lowest BCUT2D eigenvalue weighted by Gasteiger charge is -2.11. The molecule has 0 radical (unpaired) electrons. The summed E-state index contributed by atoms with van der Waals surface area (Å²) in [4.78, 5) is 8.73. The van der Waals surface area contributed by atoms with Crippen LogP contribution in [0, 0.1) is 5.82 Å². The number of nitrogens with zero attached hydrogens (tertiary/aromatic N) is 2. The fourth-order valence-electron chi connectivity index (χ4n) is 2.26. The van der Waals surface area contributed by atoms with Crippen molar-refractivity contribution in [3.63, 3.8) is 0 Å². The molecule has 0 atom stereocenters. The first-order valence-corrected chi connectivity index (χ1v) is 8.55. The molecule has 0 unspecified atom stereocenters. The Bertz CT molecular complexity index is 673. The van der Waals surface area contributed by atoms with Crippen molar-refractivity contribution in [1.82, 2.24) is 15.6 Å². The molecule has 5 nitrogen and oxygen atoms in total. The van der Waals surface area contributed by atoms with E-state index in [4.69, 9.17) is 4.74 Å². The van der Waals surface area contributed by atoms with Crippen LogP contribution in [0.5, 0.6) is 5.88 Å². The molecule has 1 aromatic heterocycles. The van der Waals surface area contributed by atoms with Gasteiger partial charge in [0, 0.05) is 25.4 Å². The van der Waals surface area contributed by atoms with Crippen molar-refractivity contribution in [3.8, 4) is 5.88 Å². The summed E-state index contributed by atoms with van der Waals surface area (Å²) in [7, 11) is 0. The number of halogens is 1. The lowest BCUT2D eigenvalue weighted by Crippen LogP contribution is -2.38. The summed E-state index contributed by atoms with van der Waals surface area (Å²) >= 11 is 0. The molecule has 0 aliphatic heterocycles. The number of aromatic nitrogens is 1. The minimum absolute atomic E-state index is 0.213. The maximum atomic E-state index is 12.9.